The molecule has 5 nitrogen and oxygen atoms in total. The summed E-state index contributed by atoms with van der Waals surface area (Å²) in [6.07, 6.45) is 1.68. The van der Waals surface area contributed by atoms with Crippen LogP contribution in [-0.2, 0) is 17.9 Å². The maximum atomic E-state index is 12.9. The predicted octanol–water partition coefficient (Wildman–Crippen LogP) is 7.21. The zero-order valence-electron chi connectivity index (χ0n) is 18.3. The summed E-state index contributed by atoms with van der Waals surface area (Å²) in [5.41, 5.74) is 2.30. The van der Waals surface area contributed by atoms with E-state index in [-0.39, 0.29) is 17.7 Å². The van der Waals surface area contributed by atoms with E-state index in [2.05, 4.69) is 0 Å². The van der Waals surface area contributed by atoms with Crippen molar-refractivity contribution in [1.29, 1.82) is 0 Å². The number of thioether (sulfide) groups is 1. The topological polar surface area (TPSA) is 55.8 Å². The quantitative estimate of drug-likeness (QED) is 0.298. The summed E-state index contributed by atoms with van der Waals surface area (Å²) >= 11 is 13.3. The van der Waals surface area contributed by atoms with Gasteiger partial charge < -0.3 is 9.47 Å². The smallest absolute Gasteiger partial charge is 0.293 e. The van der Waals surface area contributed by atoms with Crippen molar-refractivity contribution in [3.63, 3.8) is 0 Å². The SMILES string of the molecule is CCOc1cc(/C=C2/SC(=O)N(Cc3ccccc3Cl)C2=O)ccc1OCc1ccccc1Cl. The molecule has 2 amide bonds. The number of halogens is 2. The summed E-state index contributed by atoms with van der Waals surface area (Å²) < 4.78 is 11.7. The molecule has 34 heavy (non-hydrogen) atoms. The van der Waals surface area contributed by atoms with Crippen molar-refractivity contribution in [3.05, 3.63) is 98.4 Å². The molecule has 0 unspecified atom stereocenters. The standard InChI is InChI=1S/C26H21Cl2NO4S/c1-2-32-23-13-17(11-12-22(23)33-16-19-8-4-6-10-21(19)28)14-24-25(30)29(26(31)34-24)15-18-7-3-5-9-20(18)27/h3-14H,2,15-16H2,1H3/b24-14+. The third-order valence-corrected chi connectivity index (χ3v) is 6.71. The lowest BCUT2D eigenvalue weighted by Crippen LogP contribution is -2.27. The van der Waals surface area contributed by atoms with Crippen molar-refractivity contribution in [2.75, 3.05) is 6.61 Å². The van der Waals surface area contributed by atoms with E-state index in [0.29, 0.717) is 45.2 Å². The van der Waals surface area contributed by atoms with Crippen LogP contribution in [0.1, 0.15) is 23.6 Å². The predicted molar refractivity (Wildman–Crippen MR) is 136 cm³/mol. The highest BCUT2D eigenvalue weighted by Gasteiger charge is 2.35. The van der Waals surface area contributed by atoms with Crippen LogP contribution >= 0.6 is 35.0 Å². The van der Waals surface area contributed by atoms with Gasteiger partial charge in [-0.25, -0.2) is 0 Å². The zero-order valence-corrected chi connectivity index (χ0v) is 20.6. The number of carbonyl (C=O) groups is 2. The Bertz CT molecular complexity index is 1260. The maximum Gasteiger partial charge on any atom is 0.293 e. The first-order valence-corrected chi connectivity index (χ1v) is 12.2. The number of carbonyl (C=O) groups excluding carboxylic acids is 2. The Kier molecular flexibility index (Phi) is 7.83. The number of rotatable bonds is 8. The Hall–Kier alpha value is -2.93. The minimum Gasteiger partial charge on any atom is -0.490 e. The van der Waals surface area contributed by atoms with E-state index in [1.165, 1.54) is 4.90 Å². The molecule has 1 aliphatic heterocycles. The molecule has 0 saturated carbocycles. The minimum atomic E-state index is -0.355. The Morgan fingerprint density at radius 2 is 1.56 bits per heavy atom. The molecular formula is C26H21Cl2NO4S. The first-order valence-electron chi connectivity index (χ1n) is 10.6. The number of hydrogen-bond donors (Lipinski definition) is 0. The lowest BCUT2D eigenvalue weighted by molar-refractivity contribution is -0.123. The van der Waals surface area contributed by atoms with Crippen LogP contribution in [0, 0.1) is 0 Å². The van der Waals surface area contributed by atoms with Gasteiger partial charge in [0.25, 0.3) is 11.1 Å². The largest absolute Gasteiger partial charge is 0.490 e. The van der Waals surface area contributed by atoms with Crippen LogP contribution in [0.25, 0.3) is 6.08 Å². The van der Waals surface area contributed by atoms with E-state index in [4.69, 9.17) is 32.7 Å². The van der Waals surface area contributed by atoms with E-state index < -0.39 is 0 Å². The molecule has 8 heteroatoms. The molecule has 174 valence electrons. The number of nitrogens with zero attached hydrogens (tertiary/aromatic N) is 1. The third kappa shape index (κ3) is 5.58. The summed E-state index contributed by atoms with van der Waals surface area (Å²) in [6, 6.07) is 20.0. The Morgan fingerprint density at radius 1 is 0.882 bits per heavy atom. The Morgan fingerprint density at radius 3 is 2.24 bits per heavy atom. The third-order valence-electron chi connectivity index (χ3n) is 5.07. The van der Waals surface area contributed by atoms with Gasteiger partial charge in [0.1, 0.15) is 6.61 Å². The lowest BCUT2D eigenvalue weighted by atomic mass is 10.1. The van der Waals surface area contributed by atoms with Crippen molar-refractivity contribution < 1.29 is 19.1 Å². The van der Waals surface area contributed by atoms with Gasteiger partial charge >= 0.3 is 0 Å². The highest BCUT2D eigenvalue weighted by Crippen LogP contribution is 2.36. The van der Waals surface area contributed by atoms with E-state index in [1.807, 2.05) is 43.3 Å². The van der Waals surface area contributed by atoms with Gasteiger partial charge in [-0.3, -0.25) is 14.5 Å². The monoisotopic (exact) mass is 513 g/mol. The molecule has 0 spiro atoms. The van der Waals surface area contributed by atoms with Crippen molar-refractivity contribution in [2.24, 2.45) is 0 Å². The fourth-order valence-corrected chi connectivity index (χ4v) is 4.58. The minimum absolute atomic E-state index is 0.126. The van der Waals surface area contributed by atoms with Crippen LogP contribution in [0.3, 0.4) is 0 Å². The van der Waals surface area contributed by atoms with Crippen LogP contribution in [0.15, 0.2) is 71.6 Å². The first-order chi connectivity index (χ1) is 16.5. The fourth-order valence-electron chi connectivity index (χ4n) is 3.36. The molecule has 0 N–H and O–H groups in total. The van der Waals surface area contributed by atoms with E-state index in [1.54, 1.807) is 36.4 Å². The zero-order chi connectivity index (χ0) is 24.1. The number of ether oxygens (including phenoxy) is 2. The molecule has 3 aromatic carbocycles. The molecule has 0 atom stereocenters. The normalized spacial score (nSPS) is 14.7. The Balaban J connectivity index is 1.52. The van der Waals surface area contributed by atoms with Crippen LogP contribution in [-0.4, -0.2) is 22.7 Å². The second-order valence-corrected chi connectivity index (χ2v) is 9.19. The maximum absolute atomic E-state index is 12.9. The van der Waals surface area contributed by atoms with E-state index in [0.717, 1.165) is 22.9 Å². The highest BCUT2D eigenvalue weighted by molar-refractivity contribution is 8.18. The first kappa shape index (κ1) is 24.2. The molecule has 1 fully saturated rings. The van der Waals surface area contributed by atoms with Gasteiger partial charge in [0.15, 0.2) is 11.5 Å². The molecular weight excluding hydrogens is 493 g/mol. The van der Waals surface area contributed by atoms with Gasteiger partial charge in [-0.15, -0.1) is 0 Å². The summed E-state index contributed by atoms with van der Waals surface area (Å²) in [5.74, 6) is 0.747. The molecule has 3 aromatic rings. The lowest BCUT2D eigenvalue weighted by Gasteiger charge is -2.14. The van der Waals surface area contributed by atoms with Gasteiger partial charge in [0.05, 0.1) is 18.1 Å². The highest BCUT2D eigenvalue weighted by atomic mass is 35.5. The fraction of sp³-hybridized carbons (Fsp3) is 0.154. The van der Waals surface area contributed by atoms with Crippen LogP contribution in [0.2, 0.25) is 10.0 Å². The van der Waals surface area contributed by atoms with Crippen molar-refractivity contribution in [3.8, 4) is 11.5 Å². The van der Waals surface area contributed by atoms with E-state index in [9.17, 15) is 9.59 Å². The van der Waals surface area contributed by atoms with Gasteiger partial charge in [-0.05, 0) is 60.2 Å². The Labute approximate surface area is 212 Å². The summed E-state index contributed by atoms with van der Waals surface area (Å²) in [5, 5.41) is 0.810. The van der Waals surface area contributed by atoms with Crippen molar-refractivity contribution in [2.45, 2.75) is 20.1 Å². The average molecular weight is 514 g/mol. The number of amides is 2. The second kappa shape index (κ2) is 11.0. The number of benzene rings is 3. The molecule has 1 heterocycles. The molecule has 4 rings (SSSR count). The number of hydrogen-bond acceptors (Lipinski definition) is 5. The van der Waals surface area contributed by atoms with Gasteiger partial charge in [0, 0.05) is 15.6 Å². The summed E-state index contributed by atoms with van der Waals surface area (Å²) in [7, 11) is 0. The molecule has 0 aliphatic carbocycles. The number of imide groups is 1. The summed E-state index contributed by atoms with van der Waals surface area (Å²) in [4.78, 5) is 26.9. The van der Waals surface area contributed by atoms with Crippen LogP contribution in [0.4, 0.5) is 4.79 Å². The molecule has 1 saturated heterocycles. The molecule has 0 bridgehead atoms. The van der Waals surface area contributed by atoms with Gasteiger partial charge in [-0.1, -0.05) is 65.7 Å². The summed E-state index contributed by atoms with van der Waals surface area (Å²) in [6.45, 7) is 2.74. The molecule has 1 aliphatic rings. The van der Waals surface area contributed by atoms with Crippen LogP contribution < -0.4 is 9.47 Å². The molecule has 0 radical (unpaired) electrons. The van der Waals surface area contributed by atoms with E-state index >= 15 is 0 Å². The van der Waals surface area contributed by atoms with Crippen molar-refractivity contribution >= 4 is 52.2 Å². The second-order valence-electron chi connectivity index (χ2n) is 7.38. The van der Waals surface area contributed by atoms with Gasteiger partial charge in [-0.2, -0.15) is 0 Å². The average Bonchev–Trinajstić information content (AvgIpc) is 3.08. The van der Waals surface area contributed by atoms with Gasteiger partial charge in [0.2, 0.25) is 0 Å². The molecule has 0 aromatic heterocycles. The van der Waals surface area contributed by atoms with Crippen LogP contribution in [0.5, 0.6) is 11.5 Å². The van der Waals surface area contributed by atoms with Crippen molar-refractivity contribution in [1.82, 2.24) is 4.90 Å².